The number of hydrogen-bond donors (Lipinski definition) is 1. The predicted molar refractivity (Wildman–Crippen MR) is 112 cm³/mol. The first-order chi connectivity index (χ1) is 13.5. The first-order valence-electron chi connectivity index (χ1n) is 10.1. The van der Waals surface area contributed by atoms with Crippen molar-refractivity contribution in [3.63, 3.8) is 0 Å². The van der Waals surface area contributed by atoms with E-state index >= 15 is 0 Å². The second-order valence-corrected chi connectivity index (χ2v) is 7.90. The Kier molecular flexibility index (Phi) is 7.04. The molecule has 150 valence electrons. The van der Waals surface area contributed by atoms with E-state index < -0.39 is 0 Å². The van der Waals surface area contributed by atoms with Gasteiger partial charge in [0.25, 0.3) is 0 Å². The summed E-state index contributed by atoms with van der Waals surface area (Å²) in [6.45, 7) is 8.10. The Morgan fingerprint density at radius 3 is 2.25 bits per heavy atom. The number of nitrogens with zero attached hydrogens (tertiary/aromatic N) is 2. The molecule has 2 aromatic rings. The summed E-state index contributed by atoms with van der Waals surface area (Å²) in [5.41, 5.74) is 2.19. The number of halogens is 1. The fourth-order valence-electron chi connectivity index (χ4n) is 3.69. The number of piperazine rings is 1. The van der Waals surface area contributed by atoms with Crippen molar-refractivity contribution >= 4 is 11.6 Å². The molecular formula is C23H30FN3O. The molecule has 2 aromatic carbocycles. The van der Waals surface area contributed by atoms with E-state index in [1.165, 1.54) is 12.1 Å². The molecule has 0 spiro atoms. The number of carbonyl (C=O) groups excluding carboxylic acids is 1. The van der Waals surface area contributed by atoms with E-state index in [-0.39, 0.29) is 17.8 Å². The Hall–Kier alpha value is -2.40. The molecule has 0 aliphatic carbocycles. The van der Waals surface area contributed by atoms with E-state index in [9.17, 15) is 9.18 Å². The number of benzene rings is 2. The van der Waals surface area contributed by atoms with Gasteiger partial charge >= 0.3 is 0 Å². The molecule has 28 heavy (non-hydrogen) atoms. The normalized spacial score (nSPS) is 16.2. The first kappa shape index (κ1) is 20.3. The lowest BCUT2D eigenvalue weighted by atomic mass is 9.97. The van der Waals surface area contributed by atoms with Gasteiger partial charge in [-0.05, 0) is 42.2 Å². The topological polar surface area (TPSA) is 35.6 Å². The van der Waals surface area contributed by atoms with Crippen LogP contribution in [-0.4, -0.2) is 43.5 Å². The van der Waals surface area contributed by atoms with E-state index in [1.54, 1.807) is 0 Å². The summed E-state index contributed by atoms with van der Waals surface area (Å²) in [5.74, 6) is 0.364. The Morgan fingerprint density at radius 2 is 1.64 bits per heavy atom. The van der Waals surface area contributed by atoms with Crippen molar-refractivity contribution in [2.75, 3.05) is 37.6 Å². The Labute approximate surface area is 167 Å². The molecule has 1 atom stereocenters. The second-order valence-electron chi connectivity index (χ2n) is 7.90. The number of amides is 1. The summed E-state index contributed by atoms with van der Waals surface area (Å²) in [4.78, 5) is 17.1. The molecule has 0 saturated carbocycles. The molecular weight excluding hydrogens is 353 g/mol. The molecule has 1 aliphatic heterocycles. The van der Waals surface area contributed by atoms with Crippen molar-refractivity contribution in [3.05, 3.63) is 66.0 Å². The van der Waals surface area contributed by atoms with Gasteiger partial charge in [-0.2, -0.15) is 0 Å². The van der Waals surface area contributed by atoms with Crippen LogP contribution in [0.3, 0.4) is 0 Å². The zero-order valence-electron chi connectivity index (χ0n) is 16.8. The van der Waals surface area contributed by atoms with Gasteiger partial charge in [0.2, 0.25) is 5.91 Å². The molecule has 1 aliphatic rings. The molecule has 1 fully saturated rings. The second kappa shape index (κ2) is 9.69. The third-order valence-electron chi connectivity index (χ3n) is 5.18. The molecule has 4 nitrogen and oxygen atoms in total. The lowest BCUT2D eigenvalue weighted by Crippen LogP contribution is -2.49. The Morgan fingerprint density at radius 1 is 1.00 bits per heavy atom. The van der Waals surface area contributed by atoms with Gasteiger partial charge in [0.1, 0.15) is 5.82 Å². The van der Waals surface area contributed by atoms with Gasteiger partial charge in [0.05, 0.1) is 12.6 Å². The molecule has 0 radical (unpaired) electrons. The lowest BCUT2D eigenvalue weighted by Gasteiger charge is -2.36. The summed E-state index contributed by atoms with van der Waals surface area (Å²) < 4.78 is 13.1. The van der Waals surface area contributed by atoms with Crippen LogP contribution in [0.4, 0.5) is 10.1 Å². The predicted octanol–water partition coefficient (Wildman–Crippen LogP) is 3.85. The molecule has 1 amide bonds. The standard InChI is InChI=1S/C23H30FN3O/c1-18(2)16-22(19-6-4-3-5-7-19)25-23(28)17-26-12-14-27(15-13-26)21-10-8-20(24)9-11-21/h3-11,18,22H,12-17H2,1-2H3,(H,25,28)/t22-/m1/s1. The van der Waals surface area contributed by atoms with E-state index in [4.69, 9.17) is 0 Å². The van der Waals surface area contributed by atoms with E-state index in [2.05, 4.69) is 41.1 Å². The molecule has 3 rings (SSSR count). The van der Waals surface area contributed by atoms with Crippen molar-refractivity contribution < 1.29 is 9.18 Å². The molecule has 0 aromatic heterocycles. The number of carbonyl (C=O) groups is 1. The Balaban J connectivity index is 1.51. The van der Waals surface area contributed by atoms with Crippen molar-refractivity contribution in [1.29, 1.82) is 0 Å². The van der Waals surface area contributed by atoms with Gasteiger partial charge in [-0.15, -0.1) is 0 Å². The minimum absolute atomic E-state index is 0.0502. The smallest absolute Gasteiger partial charge is 0.234 e. The van der Waals surface area contributed by atoms with Gasteiger partial charge < -0.3 is 10.2 Å². The molecule has 1 heterocycles. The van der Waals surface area contributed by atoms with Gasteiger partial charge in [-0.1, -0.05) is 44.2 Å². The van der Waals surface area contributed by atoms with Crippen LogP contribution in [0.2, 0.25) is 0 Å². The molecule has 0 unspecified atom stereocenters. The quantitative estimate of drug-likeness (QED) is 0.789. The largest absolute Gasteiger partial charge is 0.369 e. The van der Waals surface area contributed by atoms with Crippen molar-refractivity contribution in [1.82, 2.24) is 10.2 Å². The summed E-state index contributed by atoms with van der Waals surface area (Å²) in [7, 11) is 0. The highest BCUT2D eigenvalue weighted by atomic mass is 19.1. The average Bonchev–Trinajstić information content (AvgIpc) is 2.69. The van der Waals surface area contributed by atoms with Crippen LogP contribution >= 0.6 is 0 Å². The van der Waals surface area contributed by atoms with Crippen molar-refractivity contribution in [3.8, 4) is 0 Å². The van der Waals surface area contributed by atoms with Crippen LogP contribution in [0.1, 0.15) is 31.9 Å². The maximum atomic E-state index is 13.1. The minimum Gasteiger partial charge on any atom is -0.369 e. The van der Waals surface area contributed by atoms with Gasteiger partial charge in [-0.3, -0.25) is 9.69 Å². The first-order valence-corrected chi connectivity index (χ1v) is 10.1. The van der Waals surface area contributed by atoms with Crippen LogP contribution < -0.4 is 10.2 Å². The van der Waals surface area contributed by atoms with E-state index in [0.717, 1.165) is 43.9 Å². The maximum Gasteiger partial charge on any atom is 0.234 e. The van der Waals surface area contributed by atoms with Gasteiger partial charge in [0, 0.05) is 31.9 Å². The summed E-state index contributed by atoms with van der Waals surface area (Å²) >= 11 is 0. The molecule has 0 bridgehead atoms. The molecule has 1 N–H and O–H groups in total. The van der Waals surface area contributed by atoms with Gasteiger partial charge in [-0.25, -0.2) is 4.39 Å². The van der Waals surface area contributed by atoms with Crippen LogP contribution in [0.5, 0.6) is 0 Å². The number of anilines is 1. The monoisotopic (exact) mass is 383 g/mol. The van der Waals surface area contributed by atoms with Crippen LogP contribution in [0.15, 0.2) is 54.6 Å². The number of nitrogens with one attached hydrogen (secondary N) is 1. The van der Waals surface area contributed by atoms with E-state index in [0.29, 0.717) is 12.5 Å². The summed E-state index contributed by atoms with van der Waals surface area (Å²) in [5, 5.41) is 3.23. The zero-order chi connectivity index (χ0) is 19.9. The fraction of sp³-hybridized carbons (Fsp3) is 0.435. The highest BCUT2D eigenvalue weighted by molar-refractivity contribution is 5.78. The SMILES string of the molecule is CC(C)C[C@@H](NC(=O)CN1CCN(c2ccc(F)cc2)CC1)c1ccccc1. The van der Waals surface area contributed by atoms with Crippen LogP contribution in [0, 0.1) is 11.7 Å². The van der Waals surface area contributed by atoms with E-state index in [1.807, 2.05) is 30.3 Å². The molecule has 1 saturated heterocycles. The molecule has 5 heteroatoms. The zero-order valence-corrected chi connectivity index (χ0v) is 16.8. The van der Waals surface area contributed by atoms with Crippen molar-refractivity contribution in [2.24, 2.45) is 5.92 Å². The highest BCUT2D eigenvalue weighted by Gasteiger charge is 2.21. The number of hydrogen-bond acceptors (Lipinski definition) is 3. The van der Waals surface area contributed by atoms with Crippen LogP contribution in [0.25, 0.3) is 0 Å². The van der Waals surface area contributed by atoms with Gasteiger partial charge in [0.15, 0.2) is 0 Å². The minimum atomic E-state index is -0.214. The third-order valence-corrected chi connectivity index (χ3v) is 5.18. The third kappa shape index (κ3) is 5.80. The number of rotatable bonds is 7. The summed E-state index contributed by atoms with van der Waals surface area (Å²) in [6, 6.07) is 16.9. The fourth-order valence-corrected chi connectivity index (χ4v) is 3.69. The Bertz CT molecular complexity index is 740. The average molecular weight is 384 g/mol. The maximum absolute atomic E-state index is 13.1. The van der Waals surface area contributed by atoms with Crippen molar-refractivity contribution in [2.45, 2.75) is 26.3 Å². The lowest BCUT2D eigenvalue weighted by molar-refractivity contribution is -0.123. The van der Waals surface area contributed by atoms with Crippen LogP contribution in [-0.2, 0) is 4.79 Å². The summed E-state index contributed by atoms with van der Waals surface area (Å²) in [6.07, 6.45) is 0.925. The highest BCUT2D eigenvalue weighted by Crippen LogP contribution is 2.21.